The predicted molar refractivity (Wildman–Crippen MR) is 77.7 cm³/mol. The summed E-state index contributed by atoms with van der Waals surface area (Å²) in [6, 6.07) is 3.56. The maximum atomic E-state index is 11.7. The number of aryl methyl sites for hydroxylation is 1. The maximum absolute atomic E-state index is 11.7. The molecule has 1 heterocycles. The van der Waals surface area contributed by atoms with Crippen molar-refractivity contribution in [2.75, 3.05) is 19.6 Å². The fourth-order valence-corrected chi connectivity index (χ4v) is 2.16. The first kappa shape index (κ1) is 16.2. The molecule has 7 heteroatoms. The summed E-state index contributed by atoms with van der Waals surface area (Å²) >= 11 is 1.37. The lowest BCUT2D eigenvalue weighted by Crippen LogP contribution is -2.42. The van der Waals surface area contributed by atoms with E-state index >= 15 is 0 Å². The third kappa shape index (κ3) is 5.83. The molecule has 0 radical (unpaired) electrons. The summed E-state index contributed by atoms with van der Waals surface area (Å²) in [7, 11) is 0. The SMILES string of the molecule is CCCNC(=O)CNC(=O)CNC(=O)c1ccc(C)s1. The first-order chi connectivity index (χ1) is 9.52. The van der Waals surface area contributed by atoms with Crippen LogP contribution in [-0.4, -0.2) is 37.4 Å². The van der Waals surface area contributed by atoms with Crippen LogP contribution in [0.3, 0.4) is 0 Å². The molecule has 0 spiro atoms. The number of hydrogen-bond acceptors (Lipinski definition) is 4. The number of carbonyl (C=O) groups excluding carboxylic acids is 3. The molecule has 0 unspecified atom stereocenters. The topological polar surface area (TPSA) is 87.3 Å². The molecule has 0 aromatic carbocycles. The normalized spacial score (nSPS) is 9.90. The molecule has 6 nitrogen and oxygen atoms in total. The Labute approximate surface area is 121 Å². The predicted octanol–water partition coefficient (Wildman–Crippen LogP) is 0.429. The van der Waals surface area contributed by atoms with Crippen LogP contribution in [0.1, 0.15) is 27.9 Å². The highest BCUT2D eigenvalue weighted by molar-refractivity contribution is 7.13. The minimum absolute atomic E-state index is 0.0766. The smallest absolute Gasteiger partial charge is 0.261 e. The van der Waals surface area contributed by atoms with Gasteiger partial charge >= 0.3 is 0 Å². The first-order valence-corrected chi connectivity index (χ1v) is 7.22. The summed E-state index contributed by atoms with van der Waals surface area (Å²) in [5.74, 6) is -0.910. The van der Waals surface area contributed by atoms with E-state index in [4.69, 9.17) is 0 Å². The van der Waals surface area contributed by atoms with Gasteiger partial charge in [0.2, 0.25) is 11.8 Å². The average Bonchev–Trinajstić information content (AvgIpc) is 2.86. The summed E-state index contributed by atoms with van der Waals surface area (Å²) in [5.41, 5.74) is 0. The second-order valence-electron chi connectivity index (χ2n) is 4.22. The Bertz CT molecular complexity index is 485. The molecule has 0 atom stereocenters. The fourth-order valence-electron chi connectivity index (χ4n) is 1.37. The van der Waals surface area contributed by atoms with Crippen molar-refractivity contribution in [2.45, 2.75) is 20.3 Å². The van der Waals surface area contributed by atoms with E-state index in [1.165, 1.54) is 11.3 Å². The molecular formula is C13H19N3O3S. The number of nitrogens with one attached hydrogen (secondary N) is 3. The Morgan fingerprint density at radius 1 is 1.05 bits per heavy atom. The van der Waals surface area contributed by atoms with Gasteiger partial charge in [-0.05, 0) is 25.5 Å². The van der Waals surface area contributed by atoms with Crippen molar-refractivity contribution in [1.29, 1.82) is 0 Å². The van der Waals surface area contributed by atoms with E-state index in [9.17, 15) is 14.4 Å². The van der Waals surface area contributed by atoms with Crippen molar-refractivity contribution >= 4 is 29.1 Å². The Hall–Kier alpha value is -1.89. The van der Waals surface area contributed by atoms with E-state index in [-0.39, 0.29) is 24.9 Å². The molecule has 1 rings (SSSR count). The minimum Gasteiger partial charge on any atom is -0.355 e. The molecule has 0 bridgehead atoms. The van der Waals surface area contributed by atoms with Gasteiger partial charge in [-0.25, -0.2) is 0 Å². The molecule has 20 heavy (non-hydrogen) atoms. The van der Waals surface area contributed by atoms with Gasteiger partial charge in [-0.2, -0.15) is 0 Å². The van der Waals surface area contributed by atoms with Crippen LogP contribution in [0.4, 0.5) is 0 Å². The van der Waals surface area contributed by atoms with Crippen molar-refractivity contribution in [1.82, 2.24) is 16.0 Å². The van der Waals surface area contributed by atoms with Gasteiger partial charge in [0, 0.05) is 11.4 Å². The van der Waals surface area contributed by atoms with Crippen LogP contribution < -0.4 is 16.0 Å². The van der Waals surface area contributed by atoms with Gasteiger partial charge in [-0.3, -0.25) is 14.4 Å². The van der Waals surface area contributed by atoms with Gasteiger partial charge in [0.25, 0.3) is 5.91 Å². The standard InChI is InChI=1S/C13H19N3O3S/c1-3-6-14-11(17)7-15-12(18)8-16-13(19)10-5-4-9(2)20-10/h4-5H,3,6-8H2,1-2H3,(H,14,17)(H,15,18)(H,16,19). The molecule has 0 saturated heterocycles. The fraction of sp³-hybridized carbons (Fsp3) is 0.462. The molecule has 3 N–H and O–H groups in total. The van der Waals surface area contributed by atoms with E-state index in [1.54, 1.807) is 6.07 Å². The quantitative estimate of drug-likeness (QED) is 0.682. The Morgan fingerprint density at radius 3 is 2.30 bits per heavy atom. The summed E-state index contributed by atoms with van der Waals surface area (Å²) < 4.78 is 0. The Balaban J connectivity index is 2.23. The van der Waals surface area contributed by atoms with Crippen LogP contribution in [0.5, 0.6) is 0 Å². The van der Waals surface area contributed by atoms with Crippen LogP contribution in [0.2, 0.25) is 0 Å². The number of hydrogen-bond donors (Lipinski definition) is 3. The van der Waals surface area contributed by atoms with Crippen molar-refractivity contribution in [3.63, 3.8) is 0 Å². The molecular weight excluding hydrogens is 278 g/mol. The van der Waals surface area contributed by atoms with Crippen LogP contribution in [0.25, 0.3) is 0 Å². The van der Waals surface area contributed by atoms with Crippen LogP contribution in [0, 0.1) is 6.92 Å². The van der Waals surface area contributed by atoms with Gasteiger partial charge in [-0.15, -0.1) is 11.3 Å². The third-order valence-electron chi connectivity index (χ3n) is 2.39. The zero-order valence-corrected chi connectivity index (χ0v) is 12.4. The zero-order chi connectivity index (χ0) is 15.0. The summed E-state index contributed by atoms with van der Waals surface area (Å²) in [6.07, 6.45) is 0.843. The van der Waals surface area contributed by atoms with Crippen molar-refractivity contribution < 1.29 is 14.4 Å². The first-order valence-electron chi connectivity index (χ1n) is 6.41. The lowest BCUT2D eigenvalue weighted by atomic mass is 10.4. The van der Waals surface area contributed by atoms with Gasteiger partial charge in [0.1, 0.15) is 0 Å². The van der Waals surface area contributed by atoms with Crippen molar-refractivity contribution in [3.05, 3.63) is 21.9 Å². The van der Waals surface area contributed by atoms with Crippen LogP contribution in [0.15, 0.2) is 12.1 Å². The van der Waals surface area contributed by atoms with Crippen molar-refractivity contribution in [3.8, 4) is 0 Å². The number of rotatable bonds is 7. The monoisotopic (exact) mass is 297 g/mol. The molecule has 110 valence electrons. The number of carbonyl (C=O) groups is 3. The Kier molecular flexibility index (Phi) is 6.72. The van der Waals surface area contributed by atoms with E-state index < -0.39 is 5.91 Å². The lowest BCUT2D eigenvalue weighted by molar-refractivity contribution is -0.125. The summed E-state index contributed by atoms with van der Waals surface area (Å²) in [4.78, 5) is 36.0. The summed E-state index contributed by atoms with van der Waals surface area (Å²) in [6.45, 7) is 4.22. The zero-order valence-electron chi connectivity index (χ0n) is 11.6. The Morgan fingerprint density at radius 2 is 1.70 bits per heavy atom. The number of amides is 3. The highest BCUT2D eigenvalue weighted by Gasteiger charge is 2.10. The second kappa shape index (κ2) is 8.31. The van der Waals surface area contributed by atoms with E-state index in [0.29, 0.717) is 11.4 Å². The third-order valence-corrected chi connectivity index (χ3v) is 3.39. The van der Waals surface area contributed by atoms with E-state index in [2.05, 4.69) is 16.0 Å². The summed E-state index contributed by atoms with van der Waals surface area (Å²) in [5, 5.41) is 7.59. The van der Waals surface area contributed by atoms with E-state index in [0.717, 1.165) is 11.3 Å². The molecule has 0 aliphatic rings. The van der Waals surface area contributed by atoms with Gasteiger partial charge in [-0.1, -0.05) is 6.92 Å². The molecule has 0 aliphatic heterocycles. The maximum Gasteiger partial charge on any atom is 0.261 e. The molecule has 0 fully saturated rings. The van der Waals surface area contributed by atoms with Crippen LogP contribution >= 0.6 is 11.3 Å². The van der Waals surface area contributed by atoms with Gasteiger partial charge < -0.3 is 16.0 Å². The van der Waals surface area contributed by atoms with Gasteiger partial charge in [0.05, 0.1) is 18.0 Å². The van der Waals surface area contributed by atoms with Gasteiger partial charge in [0.15, 0.2) is 0 Å². The van der Waals surface area contributed by atoms with Crippen molar-refractivity contribution in [2.24, 2.45) is 0 Å². The molecule has 0 aliphatic carbocycles. The minimum atomic E-state index is -0.390. The van der Waals surface area contributed by atoms with Crippen LogP contribution in [-0.2, 0) is 9.59 Å². The lowest BCUT2D eigenvalue weighted by Gasteiger charge is -2.06. The highest BCUT2D eigenvalue weighted by atomic mass is 32.1. The van der Waals surface area contributed by atoms with E-state index in [1.807, 2.05) is 19.9 Å². The molecule has 0 saturated carbocycles. The second-order valence-corrected chi connectivity index (χ2v) is 5.51. The average molecular weight is 297 g/mol. The molecule has 1 aromatic rings. The largest absolute Gasteiger partial charge is 0.355 e. The number of thiophene rings is 1. The highest BCUT2D eigenvalue weighted by Crippen LogP contribution is 2.14. The molecule has 3 amide bonds. The molecule has 1 aromatic heterocycles.